The van der Waals surface area contributed by atoms with Gasteiger partial charge in [-0.2, -0.15) is 0 Å². The zero-order valence-corrected chi connectivity index (χ0v) is 8.23. The summed E-state index contributed by atoms with van der Waals surface area (Å²) in [4.78, 5) is 10.6. The van der Waals surface area contributed by atoms with Crippen LogP contribution in [0.2, 0.25) is 5.02 Å². The van der Waals surface area contributed by atoms with Crippen LogP contribution in [0.25, 0.3) is 5.57 Å². The Hall–Kier alpha value is -1.35. The predicted molar refractivity (Wildman–Crippen MR) is 52.8 cm³/mol. The maximum absolute atomic E-state index is 13.1. The lowest BCUT2D eigenvalue weighted by Crippen LogP contribution is -2.00. The highest BCUT2D eigenvalue weighted by atomic mass is 35.5. The molecule has 0 radical (unpaired) electrons. The fourth-order valence-electron chi connectivity index (χ4n) is 0.993. The third-order valence-electron chi connectivity index (χ3n) is 1.83. The van der Waals surface area contributed by atoms with Gasteiger partial charge in [0.2, 0.25) is 0 Å². The van der Waals surface area contributed by atoms with Gasteiger partial charge in [-0.1, -0.05) is 18.2 Å². The van der Waals surface area contributed by atoms with Gasteiger partial charge in [0.05, 0.1) is 5.57 Å². The largest absolute Gasteiger partial charge is 0.478 e. The molecule has 1 aromatic rings. The fraction of sp³-hybridized carbons (Fsp3) is 0.100. The van der Waals surface area contributed by atoms with Crippen molar-refractivity contribution in [1.82, 2.24) is 0 Å². The number of rotatable bonds is 2. The molecule has 0 aliphatic heterocycles. The zero-order valence-electron chi connectivity index (χ0n) is 7.47. The molecule has 2 nitrogen and oxygen atoms in total. The second-order valence-corrected chi connectivity index (χ2v) is 3.27. The normalized spacial score (nSPS) is 9.93. The maximum atomic E-state index is 13.1. The van der Waals surface area contributed by atoms with Gasteiger partial charge < -0.3 is 5.11 Å². The third-order valence-corrected chi connectivity index (χ3v) is 2.14. The maximum Gasteiger partial charge on any atom is 0.335 e. The Morgan fingerprint density at radius 1 is 1.57 bits per heavy atom. The van der Waals surface area contributed by atoms with Gasteiger partial charge in [-0.15, -0.1) is 0 Å². The Morgan fingerprint density at radius 2 is 2.14 bits per heavy atom. The highest BCUT2D eigenvalue weighted by molar-refractivity contribution is 6.34. The number of carboxylic acid groups (broad SMARTS) is 1. The van der Waals surface area contributed by atoms with Gasteiger partial charge in [-0.3, -0.25) is 0 Å². The van der Waals surface area contributed by atoms with Crippen molar-refractivity contribution in [2.24, 2.45) is 0 Å². The molecule has 0 aliphatic carbocycles. The summed E-state index contributed by atoms with van der Waals surface area (Å²) in [6.45, 7) is 4.86. The van der Waals surface area contributed by atoms with E-state index in [1.807, 2.05) is 0 Å². The minimum absolute atomic E-state index is 0.113. The molecule has 0 aliphatic rings. The number of carboxylic acids is 1. The molecule has 0 saturated heterocycles. The molecule has 14 heavy (non-hydrogen) atoms. The number of hydrogen-bond donors (Lipinski definition) is 1. The van der Waals surface area contributed by atoms with E-state index in [2.05, 4.69) is 6.58 Å². The molecule has 0 saturated carbocycles. The van der Waals surface area contributed by atoms with Crippen molar-refractivity contribution in [3.05, 3.63) is 40.7 Å². The average molecular weight is 215 g/mol. The van der Waals surface area contributed by atoms with E-state index < -0.39 is 11.8 Å². The number of hydrogen-bond acceptors (Lipinski definition) is 1. The topological polar surface area (TPSA) is 37.3 Å². The minimum atomic E-state index is -1.21. The van der Waals surface area contributed by atoms with Crippen LogP contribution in [0.5, 0.6) is 0 Å². The molecule has 4 heteroatoms. The van der Waals surface area contributed by atoms with E-state index in [9.17, 15) is 9.18 Å². The van der Waals surface area contributed by atoms with E-state index in [4.69, 9.17) is 16.7 Å². The van der Waals surface area contributed by atoms with Crippen molar-refractivity contribution in [2.45, 2.75) is 6.92 Å². The minimum Gasteiger partial charge on any atom is -0.478 e. The Bertz CT molecular complexity index is 413. The molecule has 0 aromatic heterocycles. The van der Waals surface area contributed by atoms with Gasteiger partial charge >= 0.3 is 5.97 Å². The van der Waals surface area contributed by atoms with Gasteiger partial charge in [0.25, 0.3) is 0 Å². The van der Waals surface area contributed by atoms with E-state index in [-0.39, 0.29) is 16.2 Å². The average Bonchev–Trinajstić information content (AvgIpc) is 2.10. The van der Waals surface area contributed by atoms with Gasteiger partial charge in [-0.25, -0.2) is 9.18 Å². The quantitative estimate of drug-likeness (QED) is 0.769. The summed E-state index contributed by atoms with van der Waals surface area (Å²) in [6, 6.07) is 2.45. The molecular weight excluding hydrogens is 207 g/mol. The molecule has 1 rings (SSSR count). The van der Waals surface area contributed by atoms with Crippen LogP contribution in [0.1, 0.15) is 11.1 Å². The molecule has 0 bridgehead atoms. The Morgan fingerprint density at radius 3 is 2.64 bits per heavy atom. The van der Waals surface area contributed by atoms with E-state index >= 15 is 0 Å². The second-order valence-electron chi connectivity index (χ2n) is 2.86. The Balaban J connectivity index is 3.29. The molecule has 0 atom stereocenters. The summed E-state index contributed by atoms with van der Waals surface area (Å²) in [6.07, 6.45) is 0. The van der Waals surface area contributed by atoms with Crippen molar-refractivity contribution in [3.63, 3.8) is 0 Å². The zero-order chi connectivity index (χ0) is 10.9. The fourth-order valence-corrected chi connectivity index (χ4v) is 1.33. The van der Waals surface area contributed by atoms with Crippen LogP contribution in [0, 0.1) is 12.7 Å². The van der Waals surface area contributed by atoms with Gasteiger partial charge in [-0.05, 0) is 24.6 Å². The first-order valence-corrected chi connectivity index (χ1v) is 4.19. The van der Waals surface area contributed by atoms with Crippen LogP contribution in [-0.2, 0) is 4.79 Å². The first-order chi connectivity index (χ1) is 6.43. The SMILES string of the molecule is C=C(C(=O)O)c1cc(F)c(C)cc1Cl. The summed E-state index contributed by atoms with van der Waals surface area (Å²) >= 11 is 5.75. The van der Waals surface area contributed by atoms with E-state index in [0.717, 1.165) is 6.07 Å². The summed E-state index contributed by atoms with van der Waals surface area (Å²) in [5.41, 5.74) is 0.271. The number of halogens is 2. The lowest BCUT2D eigenvalue weighted by atomic mass is 10.1. The van der Waals surface area contributed by atoms with E-state index in [1.54, 1.807) is 6.92 Å². The van der Waals surface area contributed by atoms with Crippen LogP contribution in [0.3, 0.4) is 0 Å². The van der Waals surface area contributed by atoms with Crippen LogP contribution < -0.4 is 0 Å². The lowest BCUT2D eigenvalue weighted by Gasteiger charge is -2.05. The smallest absolute Gasteiger partial charge is 0.335 e. The first kappa shape index (κ1) is 10.7. The van der Waals surface area contributed by atoms with Crippen LogP contribution in [0.15, 0.2) is 18.7 Å². The standard InChI is InChI=1S/C10H8ClFO2/c1-5-3-8(11)7(4-9(5)12)6(2)10(13)14/h3-4H,2H2,1H3,(H,13,14). The third kappa shape index (κ3) is 1.93. The summed E-state index contributed by atoms with van der Waals surface area (Å²) < 4.78 is 13.1. The molecule has 0 amide bonds. The summed E-state index contributed by atoms with van der Waals surface area (Å²) in [5, 5.41) is 8.83. The molecule has 0 spiro atoms. The molecule has 1 aromatic carbocycles. The van der Waals surface area contributed by atoms with Crippen molar-refractivity contribution >= 4 is 23.1 Å². The monoisotopic (exact) mass is 214 g/mol. The van der Waals surface area contributed by atoms with E-state index in [0.29, 0.717) is 5.56 Å². The van der Waals surface area contributed by atoms with E-state index in [1.165, 1.54) is 6.07 Å². The number of benzene rings is 1. The van der Waals surface area contributed by atoms with Crippen molar-refractivity contribution in [1.29, 1.82) is 0 Å². The predicted octanol–water partition coefficient (Wildman–Crippen LogP) is 2.89. The molecular formula is C10H8ClFO2. The highest BCUT2D eigenvalue weighted by Crippen LogP contribution is 2.25. The number of aryl methyl sites for hydroxylation is 1. The van der Waals surface area contributed by atoms with Crippen molar-refractivity contribution in [3.8, 4) is 0 Å². The van der Waals surface area contributed by atoms with Gasteiger partial charge in [0.1, 0.15) is 5.82 Å². The first-order valence-electron chi connectivity index (χ1n) is 3.81. The molecule has 0 fully saturated rings. The molecule has 0 heterocycles. The van der Waals surface area contributed by atoms with Crippen molar-refractivity contribution < 1.29 is 14.3 Å². The lowest BCUT2D eigenvalue weighted by molar-refractivity contribution is -0.130. The van der Waals surface area contributed by atoms with Crippen LogP contribution >= 0.6 is 11.6 Å². The van der Waals surface area contributed by atoms with Gasteiger partial charge in [0.15, 0.2) is 0 Å². The second kappa shape index (κ2) is 3.80. The van der Waals surface area contributed by atoms with Crippen LogP contribution in [-0.4, -0.2) is 11.1 Å². The molecule has 1 N–H and O–H groups in total. The molecule has 74 valence electrons. The van der Waals surface area contributed by atoms with Gasteiger partial charge in [0, 0.05) is 10.6 Å². The number of carbonyl (C=O) groups is 1. The highest BCUT2D eigenvalue weighted by Gasteiger charge is 2.13. The Kier molecular flexibility index (Phi) is 2.91. The summed E-state index contributed by atoms with van der Waals surface area (Å²) in [7, 11) is 0. The number of aliphatic carboxylic acids is 1. The Labute approximate surface area is 85.6 Å². The molecule has 0 unspecified atom stereocenters. The summed E-state index contributed by atoms with van der Waals surface area (Å²) in [5.74, 6) is -1.71. The van der Waals surface area contributed by atoms with Crippen molar-refractivity contribution in [2.75, 3.05) is 0 Å². The van der Waals surface area contributed by atoms with Crippen LogP contribution in [0.4, 0.5) is 4.39 Å².